The lowest BCUT2D eigenvalue weighted by molar-refractivity contribution is -0.122. The Morgan fingerprint density at radius 3 is 2.88 bits per heavy atom. The maximum Gasteiger partial charge on any atom is 0.246 e. The third-order valence-electron chi connectivity index (χ3n) is 4.55. The summed E-state index contributed by atoms with van der Waals surface area (Å²) in [6.45, 7) is 1.91. The van der Waals surface area contributed by atoms with Crippen molar-refractivity contribution in [2.45, 2.75) is 25.8 Å². The molecule has 1 aliphatic heterocycles. The molecule has 7 heteroatoms. The molecule has 0 aliphatic carbocycles. The minimum absolute atomic E-state index is 0.111. The van der Waals surface area contributed by atoms with Gasteiger partial charge in [-0.05, 0) is 43.2 Å². The van der Waals surface area contributed by atoms with Crippen molar-refractivity contribution < 1.29 is 14.0 Å². The number of H-pyrrole nitrogens is 1. The molecule has 0 bridgehead atoms. The van der Waals surface area contributed by atoms with Gasteiger partial charge in [-0.25, -0.2) is 4.39 Å². The summed E-state index contributed by atoms with van der Waals surface area (Å²) in [5.41, 5.74) is 3.62. The molecule has 1 aliphatic rings. The number of amides is 2. The number of nitrogens with zero attached hydrogens (tertiary/aromatic N) is 1. The number of aromatic amines is 1. The largest absolute Gasteiger partial charge is 0.344 e. The minimum atomic E-state index is -0.509. The lowest BCUT2D eigenvalue weighted by atomic mass is 10.0. The normalized spacial score (nSPS) is 16.7. The number of benzene rings is 2. The first-order valence-corrected chi connectivity index (χ1v) is 8.36. The molecule has 1 saturated heterocycles. The van der Waals surface area contributed by atoms with Crippen molar-refractivity contribution in [2.24, 2.45) is 0 Å². The molecule has 3 N–H and O–H groups in total. The van der Waals surface area contributed by atoms with Gasteiger partial charge in [-0.2, -0.15) is 5.10 Å². The fraction of sp³-hybridized carbons (Fsp3) is 0.211. The van der Waals surface area contributed by atoms with Gasteiger partial charge in [-0.1, -0.05) is 12.1 Å². The van der Waals surface area contributed by atoms with Crippen LogP contribution in [0.1, 0.15) is 18.4 Å². The molecule has 132 valence electrons. The number of carbonyl (C=O) groups is 2. The number of hydrogen-bond acceptors (Lipinski definition) is 3. The summed E-state index contributed by atoms with van der Waals surface area (Å²) < 4.78 is 13.6. The molecule has 0 unspecified atom stereocenters. The monoisotopic (exact) mass is 352 g/mol. The van der Waals surface area contributed by atoms with Crippen LogP contribution in [-0.4, -0.2) is 28.1 Å². The van der Waals surface area contributed by atoms with E-state index in [1.807, 2.05) is 13.0 Å². The molecular weight excluding hydrogens is 335 g/mol. The Morgan fingerprint density at radius 1 is 1.31 bits per heavy atom. The number of anilines is 1. The lowest BCUT2D eigenvalue weighted by Crippen LogP contribution is -2.37. The molecule has 1 fully saturated rings. The third kappa shape index (κ3) is 2.92. The highest BCUT2D eigenvalue weighted by molar-refractivity contribution is 6.02. The first-order chi connectivity index (χ1) is 12.5. The van der Waals surface area contributed by atoms with E-state index in [0.717, 1.165) is 16.5 Å². The van der Waals surface area contributed by atoms with Gasteiger partial charge in [0.15, 0.2) is 0 Å². The van der Waals surface area contributed by atoms with Crippen LogP contribution >= 0.6 is 0 Å². The van der Waals surface area contributed by atoms with E-state index in [1.54, 1.807) is 18.2 Å². The summed E-state index contributed by atoms with van der Waals surface area (Å²) in [4.78, 5) is 23.6. The number of carbonyl (C=O) groups excluding carboxylic acids is 2. The lowest BCUT2D eigenvalue weighted by Gasteiger charge is -2.12. The summed E-state index contributed by atoms with van der Waals surface area (Å²) in [6.07, 6.45) is 0.855. The fourth-order valence-corrected chi connectivity index (χ4v) is 3.26. The van der Waals surface area contributed by atoms with Crippen LogP contribution in [0.5, 0.6) is 0 Å². The number of rotatable bonds is 3. The van der Waals surface area contributed by atoms with Gasteiger partial charge in [0, 0.05) is 23.1 Å². The van der Waals surface area contributed by atoms with Gasteiger partial charge in [0.2, 0.25) is 11.8 Å². The first kappa shape index (κ1) is 16.3. The predicted octanol–water partition coefficient (Wildman–Crippen LogP) is 2.89. The number of aryl methyl sites for hydroxylation is 1. The summed E-state index contributed by atoms with van der Waals surface area (Å²) >= 11 is 0. The van der Waals surface area contributed by atoms with Crippen LogP contribution < -0.4 is 10.6 Å². The summed E-state index contributed by atoms with van der Waals surface area (Å²) in [5.74, 6) is -0.692. The van der Waals surface area contributed by atoms with Crippen molar-refractivity contribution >= 4 is 28.4 Å². The van der Waals surface area contributed by atoms with Crippen LogP contribution in [0.2, 0.25) is 0 Å². The number of aromatic nitrogens is 2. The van der Waals surface area contributed by atoms with Crippen molar-refractivity contribution in [1.82, 2.24) is 15.5 Å². The zero-order valence-corrected chi connectivity index (χ0v) is 14.1. The summed E-state index contributed by atoms with van der Waals surface area (Å²) in [7, 11) is 0. The van der Waals surface area contributed by atoms with Gasteiger partial charge < -0.3 is 10.6 Å². The Bertz CT molecular complexity index is 1030. The number of nitrogens with one attached hydrogen (secondary N) is 3. The second-order valence-corrected chi connectivity index (χ2v) is 6.45. The van der Waals surface area contributed by atoms with E-state index in [4.69, 9.17) is 0 Å². The SMILES string of the molecule is Cc1cc(NC(=O)[C@H]2CCC(=O)N2)cc2c(-c3cccc(F)c3)n[nH]c12. The molecule has 3 aromatic rings. The minimum Gasteiger partial charge on any atom is -0.344 e. The smallest absolute Gasteiger partial charge is 0.246 e. The molecule has 26 heavy (non-hydrogen) atoms. The second-order valence-electron chi connectivity index (χ2n) is 6.45. The van der Waals surface area contributed by atoms with Crippen LogP contribution in [0.4, 0.5) is 10.1 Å². The van der Waals surface area contributed by atoms with Crippen LogP contribution in [0.15, 0.2) is 36.4 Å². The molecule has 1 aromatic heterocycles. The highest BCUT2D eigenvalue weighted by Gasteiger charge is 2.27. The molecule has 4 rings (SSSR count). The molecule has 2 heterocycles. The zero-order chi connectivity index (χ0) is 18.3. The van der Waals surface area contributed by atoms with Crippen molar-refractivity contribution in [3.63, 3.8) is 0 Å². The second kappa shape index (κ2) is 6.25. The number of fused-ring (bicyclic) bond motifs is 1. The Balaban J connectivity index is 1.70. The topological polar surface area (TPSA) is 86.9 Å². The zero-order valence-electron chi connectivity index (χ0n) is 14.1. The number of halogens is 1. The molecule has 0 radical (unpaired) electrons. The fourth-order valence-electron chi connectivity index (χ4n) is 3.26. The van der Waals surface area contributed by atoms with E-state index in [0.29, 0.717) is 29.8 Å². The van der Waals surface area contributed by atoms with Crippen molar-refractivity contribution in [3.8, 4) is 11.3 Å². The van der Waals surface area contributed by atoms with Crippen molar-refractivity contribution in [1.29, 1.82) is 0 Å². The molecule has 0 saturated carbocycles. The van der Waals surface area contributed by atoms with Crippen LogP contribution in [-0.2, 0) is 9.59 Å². The van der Waals surface area contributed by atoms with E-state index in [1.165, 1.54) is 12.1 Å². The Kier molecular flexibility index (Phi) is 3.91. The summed E-state index contributed by atoms with van der Waals surface area (Å²) in [5, 5.41) is 13.6. The van der Waals surface area contributed by atoms with Crippen LogP contribution in [0.3, 0.4) is 0 Å². The van der Waals surface area contributed by atoms with Gasteiger partial charge in [0.05, 0.1) is 5.52 Å². The Labute approximate surface area is 148 Å². The highest BCUT2D eigenvalue weighted by Crippen LogP contribution is 2.31. The van der Waals surface area contributed by atoms with Gasteiger partial charge in [0.25, 0.3) is 0 Å². The van der Waals surface area contributed by atoms with E-state index >= 15 is 0 Å². The average Bonchev–Trinajstić information content (AvgIpc) is 3.21. The highest BCUT2D eigenvalue weighted by atomic mass is 19.1. The van der Waals surface area contributed by atoms with Crippen molar-refractivity contribution in [3.05, 3.63) is 47.8 Å². The molecule has 2 aromatic carbocycles. The van der Waals surface area contributed by atoms with Gasteiger partial charge in [-0.3, -0.25) is 14.7 Å². The maximum absolute atomic E-state index is 13.6. The first-order valence-electron chi connectivity index (χ1n) is 8.36. The van der Waals surface area contributed by atoms with Crippen LogP contribution in [0, 0.1) is 12.7 Å². The Morgan fingerprint density at radius 2 is 2.15 bits per heavy atom. The Hall–Kier alpha value is -3.22. The van der Waals surface area contributed by atoms with E-state index in [2.05, 4.69) is 20.8 Å². The molecule has 0 spiro atoms. The number of hydrogen-bond donors (Lipinski definition) is 3. The van der Waals surface area contributed by atoms with Gasteiger partial charge in [0.1, 0.15) is 17.6 Å². The van der Waals surface area contributed by atoms with Gasteiger partial charge in [-0.15, -0.1) is 0 Å². The van der Waals surface area contributed by atoms with Crippen molar-refractivity contribution in [2.75, 3.05) is 5.32 Å². The quantitative estimate of drug-likeness (QED) is 0.677. The summed E-state index contributed by atoms with van der Waals surface area (Å²) in [6, 6.07) is 9.35. The third-order valence-corrected chi connectivity index (χ3v) is 4.55. The van der Waals surface area contributed by atoms with Crippen LogP contribution in [0.25, 0.3) is 22.2 Å². The van der Waals surface area contributed by atoms with Gasteiger partial charge >= 0.3 is 0 Å². The molecule has 2 amide bonds. The van der Waals surface area contributed by atoms with E-state index in [9.17, 15) is 14.0 Å². The van der Waals surface area contributed by atoms with E-state index in [-0.39, 0.29) is 17.6 Å². The maximum atomic E-state index is 13.6. The van der Waals surface area contributed by atoms with E-state index < -0.39 is 6.04 Å². The average molecular weight is 352 g/mol. The predicted molar refractivity (Wildman–Crippen MR) is 96.0 cm³/mol. The standard InChI is InChI=1S/C19H17FN4O2/c1-10-7-13(21-19(26)15-5-6-16(25)22-15)9-14-17(10)23-24-18(14)11-3-2-4-12(20)8-11/h2-4,7-9,15H,5-6H2,1H3,(H,21,26)(H,22,25)(H,23,24)/t15-/m1/s1. The molecule has 1 atom stereocenters. The molecule has 6 nitrogen and oxygen atoms in total. The molecular formula is C19H17FN4O2.